The van der Waals surface area contributed by atoms with Gasteiger partial charge in [0.1, 0.15) is 0 Å². The molecule has 1 nitrogen and oxygen atoms in total. The Balaban J connectivity index is 2.59. The molecule has 0 saturated carbocycles. The van der Waals surface area contributed by atoms with Gasteiger partial charge in [-0.3, -0.25) is 0 Å². The van der Waals surface area contributed by atoms with E-state index >= 15 is 0 Å². The molecular formula is C9H10ClF2N. The third-order valence-corrected chi connectivity index (χ3v) is 1.87. The maximum Gasteiger partial charge on any atom is 0.258 e. The van der Waals surface area contributed by atoms with E-state index in [1.165, 1.54) is 6.92 Å². The monoisotopic (exact) mass is 205 g/mol. The third-order valence-electron chi connectivity index (χ3n) is 1.62. The molecule has 0 aromatic heterocycles. The Morgan fingerprint density at radius 3 is 2.23 bits per heavy atom. The van der Waals surface area contributed by atoms with Gasteiger partial charge in [0.25, 0.3) is 6.43 Å². The molecule has 1 N–H and O–H groups in total. The molecular weight excluding hydrogens is 196 g/mol. The van der Waals surface area contributed by atoms with Gasteiger partial charge >= 0.3 is 0 Å². The van der Waals surface area contributed by atoms with Crippen LogP contribution in [0, 0.1) is 0 Å². The van der Waals surface area contributed by atoms with Crippen LogP contribution in [0.5, 0.6) is 0 Å². The fourth-order valence-electron chi connectivity index (χ4n) is 0.872. The van der Waals surface area contributed by atoms with Crippen LogP contribution >= 0.6 is 11.6 Å². The number of nitrogens with one attached hydrogen (secondary N) is 1. The minimum atomic E-state index is -2.37. The lowest BCUT2D eigenvalue weighted by Gasteiger charge is -2.13. The molecule has 0 spiro atoms. The molecule has 0 aliphatic rings. The number of hydrogen-bond acceptors (Lipinski definition) is 1. The van der Waals surface area contributed by atoms with Crippen molar-refractivity contribution in [2.24, 2.45) is 0 Å². The number of anilines is 1. The van der Waals surface area contributed by atoms with Gasteiger partial charge in [-0.05, 0) is 31.2 Å². The van der Waals surface area contributed by atoms with Gasteiger partial charge in [0.2, 0.25) is 0 Å². The van der Waals surface area contributed by atoms with E-state index in [1.54, 1.807) is 24.3 Å². The van der Waals surface area contributed by atoms with Crippen LogP contribution in [0.3, 0.4) is 0 Å². The zero-order valence-electron chi connectivity index (χ0n) is 7.10. The van der Waals surface area contributed by atoms with Gasteiger partial charge < -0.3 is 5.32 Å². The second kappa shape index (κ2) is 4.42. The zero-order chi connectivity index (χ0) is 9.84. The van der Waals surface area contributed by atoms with Crippen LogP contribution < -0.4 is 5.32 Å². The number of halogens is 3. The van der Waals surface area contributed by atoms with Crippen molar-refractivity contribution in [2.75, 3.05) is 5.32 Å². The van der Waals surface area contributed by atoms with Gasteiger partial charge in [0.05, 0.1) is 6.04 Å². The molecule has 1 unspecified atom stereocenters. The summed E-state index contributed by atoms with van der Waals surface area (Å²) in [7, 11) is 0. The minimum Gasteiger partial charge on any atom is -0.377 e. The lowest BCUT2D eigenvalue weighted by Crippen LogP contribution is -2.23. The quantitative estimate of drug-likeness (QED) is 0.798. The molecule has 0 fully saturated rings. The Kier molecular flexibility index (Phi) is 3.48. The molecule has 0 aliphatic carbocycles. The van der Waals surface area contributed by atoms with Crippen LogP contribution in [0.15, 0.2) is 24.3 Å². The molecule has 1 rings (SSSR count). The average Bonchev–Trinajstić information content (AvgIpc) is 2.08. The van der Waals surface area contributed by atoms with Gasteiger partial charge in [-0.1, -0.05) is 11.6 Å². The average molecular weight is 206 g/mol. The Labute approximate surface area is 80.7 Å². The summed E-state index contributed by atoms with van der Waals surface area (Å²) in [6.07, 6.45) is -2.37. The molecule has 72 valence electrons. The Bertz CT molecular complexity index is 261. The molecule has 0 aliphatic heterocycles. The smallest absolute Gasteiger partial charge is 0.258 e. The summed E-state index contributed by atoms with van der Waals surface area (Å²) in [6.45, 7) is 1.43. The van der Waals surface area contributed by atoms with Crippen molar-refractivity contribution in [1.82, 2.24) is 0 Å². The Morgan fingerprint density at radius 1 is 1.23 bits per heavy atom. The van der Waals surface area contributed by atoms with Crippen LogP contribution in [0.1, 0.15) is 6.92 Å². The van der Waals surface area contributed by atoms with E-state index < -0.39 is 12.5 Å². The highest BCUT2D eigenvalue weighted by molar-refractivity contribution is 6.30. The van der Waals surface area contributed by atoms with Crippen LogP contribution in [-0.4, -0.2) is 12.5 Å². The molecule has 13 heavy (non-hydrogen) atoms. The standard InChI is InChI=1S/C9H10ClF2N/c1-6(9(11)12)13-8-4-2-7(10)3-5-8/h2-6,9,13H,1H3. The fourth-order valence-corrected chi connectivity index (χ4v) is 0.998. The van der Waals surface area contributed by atoms with Gasteiger partial charge in [-0.15, -0.1) is 0 Å². The van der Waals surface area contributed by atoms with Gasteiger partial charge in [-0.25, -0.2) is 8.78 Å². The van der Waals surface area contributed by atoms with Crippen LogP contribution in [0.4, 0.5) is 14.5 Å². The molecule has 0 bridgehead atoms. The van der Waals surface area contributed by atoms with E-state index in [0.717, 1.165) is 0 Å². The molecule has 1 aromatic rings. The molecule has 0 heterocycles. The zero-order valence-corrected chi connectivity index (χ0v) is 7.85. The number of alkyl halides is 2. The number of hydrogen-bond donors (Lipinski definition) is 1. The summed E-state index contributed by atoms with van der Waals surface area (Å²) >= 11 is 5.63. The highest BCUT2D eigenvalue weighted by atomic mass is 35.5. The first-order valence-corrected chi connectivity index (χ1v) is 4.27. The second-order valence-electron chi connectivity index (χ2n) is 2.77. The SMILES string of the molecule is CC(Nc1ccc(Cl)cc1)C(F)F. The molecule has 0 amide bonds. The highest BCUT2D eigenvalue weighted by Gasteiger charge is 2.13. The van der Waals surface area contributed by atoms with Gasteiger partial charge in [0, 0.05) is 10.7 Å². The van der Waals surface area contributed by atoms with Crippen molar-refractivity contribution in [1.29, 1.82) is 0 Å². The minimum absolute atomic E-state index is 0.593. The van der Waals surface area contributed by atoms with E-state index in [2.05, 4.69) is 5.32 Å². The van der Waals surface area contributed by atoms with Crippen LogP contribution in [0.2, 0.25) is 5.02 Å². The lowest BCUT2D eigenvalue weighted by atomic mass is 10.3. The maximum atomic E-state index is 12.1. The van der Waals surface area contributed by atoms with Crippen molar-refractivity contribution >= 4 is 17.3 Å². The first-order valence-electron chi connectivity index (χ1n) is 3.90. The fraction of sp³-hybridized carbons (Fsp3) is 0.333. The molecule has 1 aromatic carbocycles. The van der Waals surface area contributed by atoms with Crippen molar-refractivity contribution in [2.45, 2.75) is 19.4 Å². The largest absolute Gasteiger partial charge is 0.377 e. The molecule has 4 heteroatoms. The van der Waals surface area contributed by atoms with Crippen molar-refractivity contribution < 1.29 is 8.78 Å². The van der Waals surface area contributed by atoms with E-state index in [1.807, 2.05) is 0 Å². The van der Waals surface area contributed by atoms with E-state index in [-0.39, 0.29) is 0 Å². The third kappa shape index (κ3) is 3.19. The second-order valence-corrected chi connectivity index (χ2v) is 3.21. The summed E-state index contributed by atoms with van der Waals surface area (Å²) in [5, 5.41) is 3.25. The molecule has 0 saturated heterocycles. The summed E-state index contributed by atoms with van der Waals surface area (Å²) < 4.78 is 24.2. The predicted molar refractivity (Wildman–Crippen MR) is 50.5 cm³/mol. The predicted octanol–water partition coefficient (Wildman–Crippen LogP) is 3.41. The normalized spacial score (nSPS) is 13.0. The Morgan fingerprint density at radius 2 is 1.77 bits per heavy atom. The first kappa shape index (κ1) is 10.3. The summed E-state index contributed by atoms with van der Waals surface area (Å²) in [4.78, 5) is 0. The molecule has 0 radical (unpaired) electrons. The van der Waals surface area contributed by atoms with Crippen molar-refractivity contribution in [3.8, 4) is 0 Å². The lowest BCUT2D eigenvalue weighted by molar-refractivity contribution is 0.131. The summed E-state index contributed by atoms with van der Waals surface area (Å²) in [5.41, 5.74) is 0.650. The van der Waals surface area contributed by atoms with E-state index in [4.69, 9.17) is 11.6 Å². The number of rotatable bonds is 3. The van der Waals surface area contributed by atoms with Crippen LogP contribution in [0.25, 0.3) is 0 Å². The summed E-state index contributed by atoms with van der Waals surface area (Å²) in [5.74, 6) is 0. The van der Waals surface area contributed by atoms with Gasteiger partial charge in [-0.2, -0.15) is 0 Å². The van der Waals surface area contributed by atoms with E-state index in [9.17, 15) is 8.78 Å². The highest BCUT2D eigenvalue weighted by Crippen LogP contribution is 2.15. The maximum absolute atomic E-state index is 12.1. The molecule has 1 atom stereocenters. The van der Waals surface area contributed by atoms with Gasteiger partial charge in [0.15, 0.2) is 0 Å². The van der Waals surface area contributed by atoms with E-state index in [0.29, 0.717) is 10.7 Å². The van der Waals surface area contributed by atoms with Crippen molar-refractivity contribution in [3.63, 3.8) is 0 Å². The van der Waals surface area contributed by atoms with Crippen LogP contribution in [-0.2, 0) is 0 Å². The summed E-state index contributed by atoms with van der Waals surface area (Å²) in [6, 6.07) is 5.80. The Hall–Kier alpha value is -0.830. The first-order chi connectivity index (χ1) is 6.09. The number of benzene rings is 1. The topological polar surface area (TPSA) is 12.0 Å². The van der Waals surface area contributed by atoms with Crippen molar-refractivity contribution in [3.05, 3.63) is 29.3 Å².